The zero-order chi connectivity index (χ0) is 8.10. The summed E-state index contributed by atoms with van der Waals surface area (Å²) in [5.41, 5.74) is 2.76. The van der Waals surface area contributed by atoms with Crippen LogP contribution in [0, 0.1) is 0 Å². The molecule has 0 aliphatic heterocycles. The third-order valence-corrected chi connectivity index (χ3v) is 1.94. The molecule has 1 N–H and O–H groups in total. The van der Waals surface area contributed by atoms with Crippen LogP contribution in [0.1, 0.15) is 19.8 Å². The minimum Gasteiger partial charge on any atom is -0.391 e. The molecule has 1 heteroatoms. The largest absolute Gasteiger partial charge is 0.391 e. The molecule has 0 aromatic carbocycles. The van der Waals surface area contributed by atoms with Gasteiger partial charge in [0.05, 0.1) is 0 Å². The molecule has 1 rings (SSSR count). The topological polar surface area (TPSA) is 12.0 Å². The smallest absolute Gasteiger partial charge is 0.0175 e. The lowest BCUT2D eigenvalue weighted by atomic mass is 10.1. The van der Waals surface area contributed by atoms with Crippen molar-refractivity contribution in [2.45, 2.75) is 19.8 Å². The van der Waals surface area contributed by atoms with Crippen LogP contribution in [0.5, 0.6) is 0 Å². The molecule has 0 bridgehead atoms. The van der Waals surface area contributed by atoms with E-state index in [1.54, 1.807) is 0 Å². The molecule has 0 radical (unpaired) electrons. The summed E-state index contributed by atoms with van der Waals surface area (Å²) in [6, 6.07) is 0. The van der Waals surface area contributed by atoms with Gasteiger partial charge in [-0.3, -0.25) is 0 Å². The Morgan fingerprint density at radius 3 is 2.91 bits per heavy atom. The van der Waals surface area contributed by atoms with Crippen molar-refractivity contribution in [3.8, 4) is 0 Å². The molecule has 0 fully saturated rings. The number of nitrogens with one attached hydrogen (secondary N) is 1. The molecule has 0 atom stereocenters. The fraction of sp³-hybridized carbons (Fsp3) is 0.400. The summed E-state index contributed by atoms with van der Waals surface area (Å²) in [6.07, 6.45) is 10.7. The van der Waals surface area contributed by atoms with E-state index in [2.05, 4.69) is 36.5 Å². The van der Waals surface area contributed by atoms with Crippen molar-refractivity contribution in [1.82, 2.24) is 5.32 Å². The van der Waals surface area contributed by atoms with Crippen LogP contribution in [-0.2, 0) is 0 Å². The Kier molecular flexibility index (Phi) is 2.96. The standard InChI is InChI=1S/C10H15N/c1-3-9-7-5-4-6-8-10(9)11-2/h4-7,11H,3,8H2,1-2H3. The number of rotatable bonds is 2. The van der Waals surface area contributed by atoms with E-state index in [1.165, 1.54) is 11.3 Å². The Labute approximate surface area is 68.5 Å². The predicted molar refractivity (Wildman–Crippen MR) is 49.3 cm³/mol. The molecular formula is C10H15N. The minimum atomic E-state index is 1.03. The first-order valence-electron chi connectivity index (χ1n) is 4.11. The fourth-order valence-corrected chi connectivity index (χ4v) is 1.26. The second-order valence-corrected chi connectivity index (χ2v) is 2.60. The van der Waals surface area contributed by atoms with Crippen molar-refractivity contribution in [3.05, 3.63) is 35.6 Å². The maximum absolute atomic E-state index is 3.22. The molecule has 0 saturated heterocycles. The van der Waals surface area contributed by atoms with Crippen LogP contribution >= 0.6 is 0 Å². The number of hydrogen-bond donors (Lipinski definition) is 1. The van der Waals surface area contributed by atoms with E-state index in [-0.39, 0.29) is 0 Å². The highest BCUT2D eigenvalue weighted by molar-refractivity contribution is 5.31. The van der Waals surface area contributed by atoms with Gasteiger partial charge in [-0.1, -0.05) is 31.2 Å². The zero-order valence-corrected chi connectivity index (χ0v) is 7.22. The molecule has 0 amide bonds. The quantitative estimate of drug-likeness (QED) is 0.635. The van der Waals surface area contributed by atoms with Gasteiger partial charge in [-0.05, 0) is 12.0 Å². The van der Waals surface area contributed by atoms with E-state index < -0.39 is 0 Å². The van der Waals surface area contributed by atoms with E-state index in [9.17, 15) is 0 Å². The molecule has 0 aromatic rings. The van der Waals surface area contributed by atoms with Gasteiger partial charge in [-0.25, -0.2) is 0 Å². The number of hydrogen-bond acceptors (Lipinski definition) is 1. The van der Waals surface area contributed by atoms with Crippen LogP contribution in [0.3, 0.4) is 0 Å². The highest BCUT2D eigenvalue weighted by Crippen LogP contribution is 2.14. The summed E-state index contributed by atoms with van der Waals surface area (Å²) in [6.45, 7) is 2.18. The Bertz CT molecular complexity index is 209. The van der Waals surface area contributed by atoms with Crippen molar-refractivity contribution >= 4 is 0 Å². The third-order valence-electron chi connectivity index (χ3n) is 1.94. The van der Waals surface area contributed by atoms with E-state index in [0.717, 1.165) is 12.8 Å². The lowest BCUT2D eigenvalue weighted by Gasteiger charge is -2.07. The van der Waals surface area contributed by atoms with E-state index in [4.69, 9.17) is 0 Å². The van der Waals surface area contributed by atoms with Crippen LogP contribution < -0.4 is 5.32 Å². The second-order valence-electron chi connectivity index (χ2n) is 2.60. The normalized spacial score (nSPS) is 16.9. The average molecular weight is 149 g/mol. The van der Waals surface area contributed by atoms with Crippen molar-refractivity contribution < 1.29 is 0 Å². The first-order valence-corrected chi connectivity index (χ1v) is 4.11. The van der Waals surface area contributed by atoms with Crippen molar-refractivity contribution in [1.29, 1.82) is 0 Å². The second kappa shape index (κ2) is 4.02. The zero-order valence-electron chi connectivity index (χ0n) is 7.22. The molecule has 0 heterocycles. The fourth-order valence-electron chi connectivity index (χ4n) is 1.26. The average Bonchev–Trinajstić information content (AvgIpc) is 2.27. The lowest BCUT2D eigenvalue weighted by Crippen LogP contribution is -2.07. The molecule has 1 aliphatic rings. The summed E-state index contributed by atoms with van der Waals surface area (Å²) < 4.78 is 0. The summed E-state index contributed by atoms with van der Waals surface area (Å²) in [5, 5.41) is 3.22. The molecule has 0 unspecified atom stereocenters. The van der Waals surface area contributed by atoms with Crippen molar-refractivity contribution in [3.63, 3.8) is 0 Å². The Morgan fingerprint density at radius 1 is 1.45 bits per heavy atom. The van der Waals surface area contributed by atoms with Gasteiger partial charge < -0.3 is 5.32 Å². The molecule has 1 aliphatic carbocycles. The molecule has 0 aromatic heterocycles. The third kappa shape index (κ3) is 1.97. The highest BCUT2D eigenvalue weighted by atomic mass is 14.8. The van der Waals surface area contributed by atoms with E-state index >= 15 is 0 Å². The summed E-state index contributed by atoms with van der Waals surface area (Å²) >= 11 is 0. The van der Waals surface area contributed by atoms with Gasteiger partial charge in [0.2, 0.25) is 0 Å². The summed E-state index contributed by atoms with van der Waals surface area (Å²) in [4.78, 5) is 0. The minimum absolute atomic E-state index is 1.03. The van der Waals surface area contributed by atoms with Gasteiger partial charge in [0.1, 0.15) is 0 Å². The summed E-state index contributed by atoms with van der Waals surface area (Å²) in [5.74, 6) is 0. The maximum Gasteiger partial charge on any atom is 0.0175 e. The van der Waals surface area contributed by atoms with Gasteiger partial charge in [-0.2, -0.15) is 0 Å². The lowest BCUT2D eigenvalue weighted by molar-refractivity contribution is 0.900. The SMILES string of the molecule is CCC1=C(NC)CC=CC=C1. The van der Waals surface area contributed by atoms with Crippen LogP contribution in [0.4, 0.5) is 0 Å². The molecule has 60 valence electrons. The Hall–Kier alpha value is -0.980. The molecule has 1 nitrogen and oxygen atoms in total. The molecule has 11 heavy (non-hydrogen) atoms. The Balaban J connectivity index is 2.85. The predicted octanol–water partition coefficient (Wildman–Crippen LogP) is 2.39. The van der Waals surface area contributed by atoms with E-state index in [0.29, 0.717) is 0 Å². The maximum atomic E-state index is 3.22. The number of allylic oxidation sites excluding steroid dienone is 5. The monoisotopic (exact) mass is 149 g/mol. The van der Waals surface area contributed by atoms with Gasteiger partial charge in [0.25, 0.3) is 0 Å². The molecule has 0 saturated carbocycles. The van der Waals surface area contributed by atoms with Crippen LogP contribution in [0.25, 0.3) is 0 Å². The van der Waals surface area contributed by atoms with Crippen molar-refractivity contribution in [2.24, 2.45) is 0 Å². The van der Waals surface area contributed by atoms with Gasteiger partial charge in [0, 0.05) is 19.2 Å². The van der Waals surface area contributed by atoms with Gasteiger partial charge in [0.15, 0.2) is 0 Å². The van der Waals surface area contributed by atoms with Crippen LogP contribution in [0.15, 0.2) is 35.6 Å². The molecular weight excluding hydrogens is 134 g/mol. The first kappa shape index (κ1) is 8.12. The van der Waals surface area contributed by atoms with Crippen LogP contribution in [-0.4, -0.2) is 7.05 Å². The van der Waals surface area contributed by atoms with Gasteiger partial charge >= 0.3 is 0 Å². The molecule has 0 spiro atoms. The van der Waals surface area contributed by atoms with Crippen molar-refractivity contribution in [2.75, 3.05) is 7.05 Å². The Morgan fingerprint density at radius 2 is 2.27 bits per heavy atom. The van der Waals surface area contributed by atoms with E-state index in [1.807, 2.05) is 7.05 Å². The first-order chi connectivity index (χ1) is 5.38. The highest BCUT2D eigenvalue weighted by Gasteiger charge is 1.99. The van der Waals surface area contributed by atoms with Gasteiger partial charge in [-0.15, -0.1) is 0 Å². The summed E-state index contributed by atoms with van der Waals surface area (Å²) in [7, 11) is 1.98. The van der Waals surface area contributed by atoms with Crippen LogP contribution in [0.2, 0.25) is 0 Å².